The van der Waals surface area contributed by atoms with Crippen LogP contribution in [0.5, 0.6) is 0 Å². The Morgan fingerprint density at radius 2 is 1.32 bits per heavy atom. The maximum Gasteiger partial charge on any atom is 0.326 e. The fraction of sp³-hybridized carbons (Fsp3) is 0.750. The average molecular weight is 833 g/mol. The van der Waals surface area contributed by atoms with E-state index in [-0.39, 0.29) is 40.8 Å². The number of fused-ring (bicyclic) bond motifs is 5. The lowest BCUT2D eigenvalue weighted by Crippen LogP contribution is -2.62. The van der Waals surface area contributed by atoms with E-state index in [9.17, 15) is 29.7 Å². The molecule has 0 radical (unpaired) electrons. The van der Waals surface area contributed by atoms with Crippen molar-refractivity contribution in [2.24, 2.45) is 52.3 Å². The number of carboxylic acids is 1. The van der Waals surface area contributed by atoms with Crippen LogP contribution in [0.4, 0.5) is 0 Å². The van der Waals surface area contributed by atoms with Gasteiger partial charge in [-0.2, -0.15) is 0 Å². The van der Waals surface area contributed by atoms with Crippen LogP contribution in [-0.4, -0.2) is 57.9 Å². The predicted octanol–water partition coefficient (Wildman–Crippen LogP) is 10.8. The molecule has 8 nitrogen and oxygen atoms in total. The highest BCUT2D eigenvalue weighted by Crippen LogP contribution is 2.69. The lowest BCUT2D eigenvalue weighted by atomic mass is 9.41. The maximum atomic E-state index is 13.1. The van der Waals surface area contributed by atoms with E-state index in [0.29, 0.717) is 74.2 Å². The van der Waals surface area contributed by atoms with Crippen molar-refractivity contribution in [3.63, 3.8) is 0 Å². The molecule has 0 aromatic rings. The summed E-state index contributed by atoms with van der Waals surface area (Å²) in [5.74, 6) is 1.51. The van der Waals surface area contributed by atoms with E-state index in [1.165, 1.54) is 0 Å². The number of carbonyl (C=O) groups excluding carboxylic acids is 2. The third-order valence-corrected chi connectivity index (χ3v) is 15.8. The first-order valence-electron chi connectivity index (χ1n) is 24.3. The van der Waals surface area contributed by atoms with Gasteiger partial charge >= 0.3 is 5.97 Å². The molecule has 0 aromatic heterocycles. The summed E-state index contributed by atoms with van der Waals surface area (Å²) in [4.78, 5) is 37.5. The molecule has 0 aliphatic heterocycles. The van der Waals surface area contributed by atoms with Crippen LogP contribution in [0.3, 0.4) is 0 Å². The number of carboxylic acid groups (broad SMARTS) is 1. The molecule has 4 fully saturated rings. The molecule has 0 aromatic carbocycles. The maximum absolute atomic E-state index is 13.1. The van der Waals surface area contributed by atoms with E-state index in [0.717, 1.165) is 103 Å². The number of hydrogen-bond donors (Lipinski definition) is 5. The molecule has 0 spiro atoms. The number of aliphatic carboxylic acids is 1. The quantitative estimate of drug-likeness (QED) is 0.0459. The lowest BCUT2D eigenvalue weighted by molar-refractivity contribution is -0.203. The predicted molar refractivity (Wildman–Crippen MR) is 245 cm³/mol. The Bertz CT molecular complexity index is 1480. The molecular weight excluding hydrogens is 749 g/mol. The van der Waals surface area contributed by atoms with Crippen LogP contribution in [0.1, 0.15) is 169 Å². The molecule has 4 rings (SSSR count). The van der Waals surface area contributed by atoms with Gasteiger partial charge in [0, 0.05) is 19.4 Å². The van der Waals surface area contributed by atoms with Crippen molar-refractivity contribution < 1.29 is 29.7 Å². The number of carbonyl (C=O) groups is 3. The minimum Gasteiger partial charge on any atom is -0.480 e. The minimum absolute atomic E-state index is 0.0167. The fourth-order valence-electron chi connectivity index (χ4n) is 12.6. The van der Waals surface area contributed by atoms with Crippen molar-refractivity contribution in [3.05, 3.63) is 60.8 Å². The number of aliphatic hydroxyl groups is 2. The lowest BCUT2D eigenvalue weighted by Gasteiger charge is -2.64. The number of allylic oxidation sites excluding steroid dienone is 10. The summed E-state index contributed by atoms with van der Waals surface area (Å²) in [5.41, 5.74) is 0.308. The van der Waals surface area contributed by atoms with Crippen LogP contribution in [0.15, 0.2) is 60.8 Å². The molecule has 2 amide bonds. The molecule has 4 saturated carbocycles. The highest BCUT2D eigenvalue weighted by molar-refractivity contribution is 5.83. The summed E-state index contributed by atoms with van der Waals surface area (Å²) < 4.78 is 0. The van der Waals surface area contributed by atoms with Crippen LogP contribution in [0.2, 0.25) is 0 Å². The molecule has 12 unspecified atom stereocenters. The van der Waals surface area contributed by atoms with Gasteiger partial charge in [-0.25, -0.2) is 4.79 Å². The number of unbranched alkanes of at least 4 members (excludes halogenated alkanes) is 2. The Morgan fingerprint density at radius 3 is 1.95 bits per heavy atom. The van der Waals surface area contributed by atoms with Crippen molar-refractivity contribution >= 4 is 17.8 Å². The van der Waals surface area contributed by atoms with Gasteiger partial charge in [0.15, 0.2) is 0 Å². The molecule has 0 heterocycles. The van der Waals surface area contributed by atoms with E-state index in [2.05, 4.69) is 106 Å². The molecule has 0 saturated heterocycles. The smallest absolute Gasteiger partial charge is 0.326 e. The first-order chi connectivity index (χ1) is 28.9. The van der Waals surface area contributed by atoms with Gasteiger partial charge in [-0.05, 0) is 168 Å². The zero-order chi connectivity index (χ0) is 43.5. The summed E-state index contributed by atoms with van der Waals surface area (Å²) in [6.07, 6.45) is 39.1. The van der Waals surface area contributed by atoms with E-state index >= 15 is 0 Å². The summed E-state index contributed by atoms with van der Waals surface area (Å²) in [7, 11) is 0. The Balaban J connectivity index is 1.08. The zero-order valence-electron chi connectivity index (χ0n) is 38.2. The van der Waals surface area contributed by atoms with Crippen LogP contribution >= 0.6 is 0 Å². The van der Waals surface area contributed by atoms with Gasteiger partial charge in [0.2, 0.25) is 11.8 Å². The van der Waals surface area contributed by atoms with E-state index in [1.807, 2.05) is 0 Å². The molecule has 8 heteroatoms. The fourth-order valence-corrected chi connectivity index (χ4v) is 12.6. The summed E-state index contributed by atoms with van der Waals surface area (Å²) >= 11 is 0. The highest BCUT2D eigenvalue weighted by atomic mass is 16.4. The molecule has 5 N–H and O–H groups in total. The standard InChI is InChI=1S/C52H84N2O6/c1-6-8-9-10-11-12-13-14-15-16-17-18-19-20-21-22-23-27-46(56)53-36-25-24-26-45(50(59)60)54-47(57)31-28-38(3)41-29-30-42-48-43(33-35-51(41,42)4)52(5)34-32-39(55)37-44(52)40(7-2)49(48)58/h8-9,11-12,14-15,17-18,20-21,38-45,48-49,55,58H,6-7,10,13,16,19,22-37H2,1-5H3,(H,53,56)(H,54,57)(H,59,60). The first-order valence-corrected chi connectivity index (χ1v) is 24.3. The van der Waals surface area contributed by atoms with Gasteiger partial charge in [-0.1, -0.05) is 102 Å². The summed E-state index contributed by atoms with van der Waals surface area (Å²) in [5, 5.41) is 38.3. The average Bonchev–Trinajstić information content (AvgIpc) is 3.58. The number of hydrogen-bond acceptors (Lipinski definition) is 5. The number of amides is 2. The number of rotatable bonds is 25. The second-order valence-corrected chi connectivity index (χ2v) is 19.5. The van der Waals surface area contributed by atoms with Gasteiger partial charge in [0.1, 0.15) is 6.04 Å². The summed E-state index contributed by atoms with van der Waals surface area (Å²) in [6.45, 7) is 12.1. The van der Waals surface area contributed by atoms with Crippen LogP contribution < -0.4 is 10.6 Å². The van der Waals surface area contributed by atoms with Crippen molar-refractivity contribution in [1.82, 2.24) is 10.6 Å². The van der Waals surface area contributed by atoms with E-state index < -0.39 is 12.0 Å². The summed E-state index contributed by atoms with van der Waals surface area (Å²) in [6, 6.07) is -0.930. The zero-order valence-corrected chi connectivity index (χ0v) is 38.2. The topological polar surface area (TPSA) is 136 Å². The second kappa shape index (κ2) is 25.2. The monoisotopic (exact) mass is 833 g/mol. The van der Waals surface area contributed by atoms with Crippen molar-refractivity contribution in [2.45, 2.75) is 188 Å². The molecule has 12 atom stereocenters. The third kappa shape index (κ3) is 13.8. The number of nitrogens with one attached hydrogen (secondary N) is 2. The Labute approximate surface area is 364 Å². The Kier molecular flexibility index (Phi) is 20.9. The Hall–Kier alpha value is -2.97. The second-order valence-electron chi connectivity index (χ2n) is 19.5. The van der Waals surface area contributed by atoms with Crippen LogP contribution in [-0.2, 0) is 14.4 Å². The third-order valence-electron chi connectivity index (χ3n) is 15.8. The highest BCUT2D eigenvalue weighted by Gasteiger charge is 2.64. The molecular formula is C52H84N2O6. The van der Waals surface area contributed by atoms with Crippen LogP contribution in [0.25, 0.3) is 0 Å². The molecule has 0 bridgehead atoms. The largest absolute Gasteiger partial charge is 0.480 e. The van der Waals surface area contributed by atoms with Gasteiger partial charge < -0.3 is 26.0 Å². The minimum atomic E-state index is -1.02. The molecule has 60 heavy (non-hydrogen) atoms. The van der Waals surface area contributed by atoms with Crippen molar-refractivity contribution in [1.29, 1.82) is 0 Å². The molecule has 4 aliphatic carbocycles. The van der Waals surface area contributed by atoms with E-state index in [1.54, 1.807) is 0 Å². The number of aliphatic hydroxyl groups excluding tert-OH is 2. The molecule has 4 aliphatic rings. The van der Waals surface area contributed by atoms with Gasteiger partial charge in [-0.15, -0.1) is 0 Å². The first kappa shape index (κ1) is 49.7. The normalized spacial score (nSPS) is 32.7. The Morgan fingerprint density at radius 1 is 0.700 bits per heavy atom. The van der Waals surface area contributed by atoms with Crippen molar-refractivity contribution in [2.75, 3.05) is 6.54 Å². The van der Waals surface area contributed by atoms with Gasteiger partial charge in [0.25, 0.3) is 0 Å². The van der Waals surface area contributed by atoms with Gasteiger partial charge in [0.05, 0.1) is 12.2 Å². The van der Waals surface area contributed by atoms with E-state index in [4.69, 9.17) is 0 Å². The molecule has 338 valence electrons. The van der Waals surface area contributed by atoms with Gasteiger partial charge in [-0.3, -0.25) is 9.59 Å². The van der Waals surface area contributed by atoms with Crippen molar-refractivity contribution in [3.8, 4) is 0 Å². The SMILES string of the molecule is CCC=CCC=CCC=CCC=CCC=CCCCC(=O)NCCCCC(NC(=O)CCC(C)C1CCC2C3C(O)C(CC)C4CC(O)CCC4(C)C3CCC12C)C(=O)O. The van der Waals surface area contributed by atoms with Crippen LogP contribution in [0, 0.1) is 52.3 Å².